The number of rotatable bonds is 5. The standard InChI is InChI=1S/C31H30N10O3/c1-18-6-10-27(37-36-18)34-20-7-9-26-23(14-20)33-17-40(26)28-11-8-21(19(2)42)29(35-28)41-25-12-13-39(30(43)44-31(3,4)5)16-22(25)24(15-32)38-41/h6-11,14,17H,12-13,16H2,1-5H3,(H,34,37). The van der Waals surface area contributed by atoms with Gasteiger partial charge in [-0.05, 0) is 77.1 Å². The first kappa shape index (κ1) is 28.5. The van der Waals surface area contributed by atoms with Crippen LogP contribution < -0.4 is 5.32 Å². The molecule has 13 nitrogen and oxygen atoms in total. The number of hydrogen-bond acceptors (Lipinski definition) is 10. The number of nitrogens with zero attached hydrogens (tertiary/aromatic N) is 9. The predicted molar refractivity (Wildman–Crippen MR) is 161 cm³/mol. The van der Waals surface area contributed by atoms with Crippen LogP contribution in [0.1, 0.15) is 60.7 Å². The minimum absolute atomic E-state index is 0.166. The molecule has 44 heavy (non-hydrogen) atoms. The summed E-state index contributed by atoms with van der Waals surface area (Å²) >= 11 is 0. The maximum absolute atomic E-state index is 12.8. The highest BCUT2D eigenvalue weighted by Gasteiger charge is 2.32. The lowest BCUT2D eigenvalue weighted by atomic mass is 10.1. The van der Waals surface area contributed by atoms with E-state index in [0.717, 1.165) is 28.1 Å². The van der Waals surface area contributed by atoms with E-state index < -0.39 is 11.7 Å². The lowest BCUT2D eigenvalue weighted by Crippen LogP contribution is -2.40. The summed E-state index contributed by atoms with van der Waals surface area (Å²) in [5.41, 5.74) is 4.35. The molecule has 1 aromatic carbocycles. The minimum Gasteiger partial charge on any atom is -0.444 e. The van der Waals surface area contributed by atoms with Gasteiger partial charge in [-0.3, -0.25) is 9.36 Å². The van der Waals surface area contributed by atoms with Crippen molar-refractivity contribution >= 4 is 34.4 Å². The number of aryl methyl sites for hydroxylation is 1. The molecule has 0 aliphatic carbocycles. The number of nitrogens with one attached hydrogen (secondary N) is 1. The number of amides is 1. The zero-order valence-corrected chi connectivity index (χ0v) is 25.0. The van der Waals surface area contributed by atoms with Gasteiger partial charge >= 0.3 is 6.09 Å². The maximum Gasteiger partial charge on any atom is 0.410 e. The molecule has 0 saturated carbocycles. The third-order valence-electron chi connectivity index (χ3n) is 7.12. The van der Waals surface area contributed by atoms with Crippen LogP contribution in [-0.4, -0.2) is 63.4 Å². The van der Waals surface area contributed by atoms with Crippen molar-refractivity contribution in [3.8, 4) is 17.7 Å². The van der Waals surface area contributed by atoms with Gasteiger partial charge in [-0.1, -0.05) is 0 Å². The Hall–Kier alpha value is -5.64. The Morgan fingerprint density at radius 3 is 2.61 bits per heavy atom. The molecule has 0 radical (unpaired) electrons. The van der Waals surface area contributed by atoms with E-state index in [0.29, 0.717) is 41.5 Å². The van der Waals surface area contributed by atoms with Crippen LogP contribution >= 0.6 is 0 Å². The maximum atomic E-state index is 12.8. The second-order valence-electron chi connectivity index (χ2n) is 11.5. The lowest BCUT2D eigenvalue weighted by molar-refractivity contribution is 0.0223. The molecule has 5 aromatic rings. The highest BCUT2D eigenvalue weighted by molar-refractivity contribution is 5.97. The molecule has 0 fully saturated rings. The van der Waals surface area contributed by atoms with Gasteiger partial charge in [0.25, 0.3) is 0 Å². The number of ketones is 1. The highest BCUT2D eigenvalue weighted by atomic mass is 16.6. The summed E-state index contributed by atoms with van der Waals surface area (Å²) in [6.45, 7) is 9.29. The minimum atomic E-state index is -0.647. The molecule has 0 atom stereocenters. The molecule has 1 amide bonds. The number of anilines is 2. The zero-order chi connectivity index (χ0) is 31.2. The number of carbonyl (C=O) groups is 2. The highest BCUT2D eigenvalue weighted by Crippen LogP contribution is 2.29. The Bertz CT molecular complexity index is 1960. The van der Waals surface area contributed by atoms with Crippen molar-refractivity contribution in [1.82, 2.24) is 39.4 Å². The third-order valence-corrected chi connectivity index (χ3v) is 7.12. The van der Waals surface area contributed by atoms with Crippen molar-refractivity contribution < 1.29 is 14.3 Å². The van der Waals surface area contributed by atoms with Crippen molar-refractivity contribution in [3.63, 3.8) is 0 Å². The molecule has 1 aliphatic heterocycles. The van der Waals surface area contributed by atoms with Gasteiger partial charge in [0.2, 0.25) is 0 Å². The third kappa shape index (κ3) is 5.45. The van der Waals surface area contributed by atoms with Gasteiger partial charge in [-0.15, -0.1) is 5.10 Å². The molecule has 0 unspecified atom stereocenters. The predicted octanol–water partition coefficient (Wildman–Crippen LogP) is 4.82. The topological polar surface area (TPSA) is 157 Å². The quantitative estimate of drug-likeness (QED) is 0.282. The van der Waals surface area contributed by atoms with Crippen LogP contribution in [0.2, 0.25) is 0 Å². The number of fused-ring (bicyclic) bond motifs is 2. The largest absolute Gasteiger partial charge is 0.444 e. The Morgan fingerprint density at radius 2 is 1.91 bits per heavy atom. The number of benzene rings is 1. The fourth-order valence-corrected chi connectivity index (χ4v) is 5.06. The van der Waals surface area contributed by atoms with Crippen LogP contribution in [0.3, 0.4) is 0 Å². The van der Waals surface area contributed by atoms with Crippen LogP contribution in [0.4, 0.5) is 16.3 Å². The van der Waals surface area contributed by atoms with Gasteiger partial charge < -0.3 is 15.0 Å². The Morgan fingerprint density at radius 1 is 1.09 bits per heavy atom. The Labute approximate surface area is 253 Å². The molecule has 0 spiro atoms. The molecule has 6 rings (SSSR count). The number of pyridine rings is 1. The monoisotopic (exact) mass is 590 g/mol. The second-order valence-corrected chi connectivity index (χ2v) is 11.5. The van der Waals surface area contributed by atoms with Crippen LogP contribution in [-0.2, 0) is 17.7 Å². The molecule has 0 bridgehead atoms. The van der Waals surface area contributed by atoms with Crippen molar-refractivity contribution in [2.75, 3.05) is 11.9 Å². The summed E-state index contributed by atoms with van der Waals surface area (Å²) in [5.74, 6) is 1.25. The van der Waals surface area contributed by atoms with E-state index in [1.807, 2.05) is 41.8 Å². The fourth-order valence-electron chi connectivity index (χ4n) is 5.06. The molecule has 13 heteroatoms. The summed E-state index contributed by atoms with van der Waals surface area (Å²) < 4.78 is 8.93. The summed E-state index contributed by atoms with van der Waals surface area (Å²) in [4.78, 5) is 36.5. The molecule has 222 valence electrons. The van der Waals surface area contributed by atoms with Gasteiger partial charge in [-0.25, -0.2) is 19.4 Å². The fraction of sp³-hybridized carbons (Fsp3) is 0.290. The molecule has 4 aromatic heterocycles. The van der Waals surface area contributed by atoms with Crippen molar-refractivity contribution in [1.29, 1.82) is 5.26 Å². The van der Waals surface area contributed by atoms with Crippen LogP contribution in [0.25, 0.3) is 22.7 Å². The normalized spacial score (nSPS) is 13.0. The number of Topliss-reactive ketones (excluding diaryl/α,β-unsaturated/α-hetero) is 1. The van der Waals surface area contributed by atoms with Crippen molar-refractivity contribution in [2.24, 2.45) is 0 Å². The first-order chi connectivity index (χ1) is 21.0. The van der Waals surface area contributed by atoms with Gasteiger partial charge in [-0.2, -0.15) is 15.5 Å². The van der Waals surface area contributed by atoms with Crippen LogP contribution in [0.5, 0.6) is 0 Å². The number of nitriles is 1. The van der Waals surface area contributed by atoms with E-state index in [1.54, 1.807) is 48.8 Å². The molecule has 5 heterocycles. The SMILES string of the molecule is CC(=O)c1ccc(-n2cnc3cc(Nc4ccc(C)nn4)ccc32)nc1-n1nc(C#N)c2c1CCN(C(=O)OC(C)(C)C)C2. The van der Waals surface area contributed by atoms with E-state index in [2.05, 4.69) is 31.7 Å². The van der Waals surface area contributed by atoms with E-state index >= 15 is 0 Å². The Balaban J connectivity index is 1.36. The number of aromatic nitrogens is 7. The van der Waals surface area contributed by atoms with Gasteiger partial charge in [0.05, 0.1) is 34.5 Å². The molecule has 1 aliphatic rings. The number of carbonyl (C=O) groups excluding carboxylic acids is 2. The van der Waals surface area contributed by atoms with Crippen molar-refractivity contribution in [2.45, 2.75) is 53.2 Å². The van der Waals surface area contributed by atoms with Gasteiger partial charge in [0.15, 0.2) is 23.1 Å². The van der Waals surface area contributed by atoms with Gasteiger partial charge in [0, 0.05) is 24.2 Å². The first-order valence-corrected chi connectivity index (χ1v) is 14.1. The Kier molecular flexibility index (Phi) is 7.05. The summed E-state index contributed by atoms with van der Waals surface area (Å²) in [7, 11) is 0. The molecular formula is C31H30N10O3. The zero-order valence-electron chi connectivity index (χ0n) is 25.0. The van der Waals surface area contributed by atoms with Crippen molar-refractivity contribution in [3.05, 3.63) is 77.0 Å². The summed E-state index contributed by atoms with van der Waals surface area (Å²) in [6.07, 6.45) is 1.61. The van der Waals surface area contributed by atoms with E-state index in [1.165, 1.54) is 6.92 Å². The second kappa shape index (κ2) is 10.9. The van der Waals surface area contributed by atoms with E-state index in [-0.39, 0.29) is 18.0 Å². The average molecular weight is 591 g/mol. The number of imidazole rings is 1. The summed E-state index contributed by atoms with van der Waals surface area (Å²) in [6, 6.07) is 15.1. The summed E-state index contributed by atoms with van der Waals surface area (Å²) in [5, 5.41) is 25.9. The molecular weight excluding hydrogens is 560 g/mol. The molecule has 0 saturated heterocycles. The van der Waals surface area contributed by atoms with Crippen LogP contribution in [0, 0.1) is 18.3 Å². The van der Waals surface area contributed by atoms with Crippen LogP contribution in [0.15, 0.2) is 48.8 Å². The lowest BCUT2D eigenvalue weighted by Gasteiger charge is -2.30. The first-order valence-electron chi connectivity index (χ1n) is 14.1. The average Bonchev–Trinajstić information content (AvgIpc) is 3.58. The van der Waals surface area contributed by atoms with Gasteiger partial charge in [0.1, 0.15) is 23.8 Å². The number of hydrogen-bond donors (Lipinski definition) is 1. The van der Waals surface area contributed by atoms with E-state index in [4.69, 9.17) is 9.72 Å². The number of ether oxygens (including phenoxy) is 1. The molecule has 1 N–H and O–H groups in total. The van der Waals surface area contributed by atoms with E-state index in [9.17, 15) is 14.9 Å². The smallest absolute Gasteiger partial charge is 0.410 e.